The first-order chi connectivity index (χ1) is 10.4. The molecule has 2 aromatic rings. The lowest BCUT2D eigenvalue weighted by Crippen LogP contribution is -2.36. The van der Waals surface area contributed by atoms with Crippen molar-refractivity contribution in [1.82, 2.24) is 15.2 Å². The lowest BCUT2D eigenvalue weighted by Gasteiger charge is -2.28. The van der Waals surface area contributed by atoms with Gasteiger partial charge in [0.25, 0.3) is 0 Å². The second-order valence-corrected chi connectivity index (χ2v) is 5.34. The highest BCUT2D eigenvalue weighted by atomic mass is 16.5. The second-order valence-electron chi connectivity index (χ2n) is 5.34. The molecule has 0 amide bonds. The number of hydrogen-bond acceptors (Lipinski definition) is 6. The monoisotopic (exact) mass is 289 g/mol. The molecule has 7 nitrogen and oxygen atoms in total. The van der Waals surface area contributed by atoms with Gasteiger partial charge in [0.05, 0.1) is 43.8 Å². The van der Waals surface area contributed by atoms with E-state index in [-0.39, 0.29) is 0 Å². The average Bonchev–Trinajstić information content (AvgIpc) is 2.99. The summed E-state index contributed by atoms with van der Waals surface area (Å²) in [6.45, 7) is 6.62. The number of hydrogen-bond donors (Lipinski definition) is 1. The first kappa shape index (κ1) is 12.8. The minimum absolute atomic E-state index is 0.750. The zero-order valence-electron chi connectivity index (χ0n) is 11.9. The molecule has 0 spiro atoms. The van der Waals surface area contributed by atoms with Gasteiger partial charge in [0, 0.05) is 26.2 Å². The van der Waals surface area contributed by atoms with Crippen LogP contribution in [0.2, 0.25) is 0 Å². The summed E-state index contributed by atoms with van der Waals surface area (Å²) in [6, 6.07) is 2.13. The van der Waals surface area contributed by atoms with Gasteiger partial charge < -0.3 is 19.3 Å². The van der Waals surface area contributed by atoms with Gasteiger partial charge in [-0.05, 0) is 6.07 Å². The zero-order chi connectivity index (χ0) is 14.1. The standard InChI is InChI=1S/C14H19N5O2/c1-5-20-6-2-18(1)11-9-12-13(15-10-11)14(17-16-12)19-3-7-21-8-4-19/h9-10H,1-8H2,(H,16,17). The normalized spacial score (nSPS) is 20.2. The number of nitrogens with one attached hydrogen (secondary N) is 1. The predicted octanol–water partition coefficient (Wildman–Crippen LogP) is 0.631. The maximum Gasteiger partial charge on any atom is 0.177 e. The molecule has 2 aliphatic rings. The summed E-state index contributed by atoms with van der Waals surface area (Å²) >= 11 is 0. The van der Waals surface area contributed by atoms with Gasteiger partial charge in [0.1, 0.15) is 5.52 Å². The van der Waals surface area contributed by atoms with Crippen LogP contribution < -0.4 is 9.80 Å². The van der Waals surface area contributed by atoms with E-state index in [0.717, 1.165) is 75.1 Å². The molecular formula is C14H19N5O2. The van der Waals surface area contributed by atoms with Gasteiger partial charge in [0.15, 0.2) is 5.82 Å². The molecule has 0 aromatic carbocycles. The van der Waals surface area contributed by atoms with Crippen LogP contribution in [-0.2, 0) is 9.47 Å². The van der Waals surface area contributed by atoms with Gasteiger partial charge in [-0.25, -0.2) is 4.98 Å². The molecule has 0 aliphatic carbocycles. The van der Waals surface area contributed by atoms with Crippen LogP contribution >= 0.6 is 0 Å². The van der Waals surface area contributed by atoms with E-state index in [0.29, 0.717) is 0 Å². The van der Waals surface area contributed by atoms with Crippen molar-refractivity contribution >= 4 is 22.5 Å². The highest BCUT2D eigenvalue weighted by Gasteiger charge is 2.19. The minimum Gasteiger partial charge on any atom is -0.378 e. The molecule has 2 fully saturated rings. The van der Waals surface area contributed by atoms with Crippen molar-refractivity contribution in [2.45, 2.75) is 0 Å². The molecular weight excluding hydrogens is 270 g/mol. The van der Waals surface area contributed by atoms with E-state index in [1.165, 1.54) is 0 Å². The Bertz CT molecular complexity index is 617. The molecule has 0 radical (unpaired) electrons. The van der Waals surface area contributed by atoms with Crippen molar-refractivity contribution in [3.8, 4) is 0 Å². The van der Waals surface area contributed by atoms with Crippen LogP contribution in [-0.4, -0.2) is 67.8 Å². The summed E-state index contributed by atoms with van der Waals surface area (Å²) in [5, 5.41) is 7.56. The summed E-state index contributed by atoms with van der Waals surface area (Å²) in [7, 11) is 0. The summed E-state index contributed by atoms with van der Waals surface area (Å²) in [6.07, 6.45) is 1.94. The van der Waals surface area contributed by atoms with Gasteiger partial charge >= 0.3 is 0 Å². The highest BCUT2D eigenvalue weighted by molar-refractivity contribution is 5.88. The van der Waals surface area contributed by atoms with Crippen molar-refractivity contribution in [2.24, 2.45) is 0 Å². The summed E-state index contributed by atoms with van der Waals surface area (Å²) in [4.78, 5) is 9.16. The lowest BCUT2D eigenvalue weighted by atomic mass is 10.3. The first-order valence-corrected chi connectivity index (χ1v) is 7.41. The van der Waals surface area contributed by atoms with E-state index >= 15 is 0 Å². The Morgan fingerprint density at radius 2 is 1.62 bits per heavy atom. The highest BCUT2D eigenvalue weighted by Crippen LogP contribution is 2.26. The first-order valence-electron chi connectivity index (χ1n) is 7.41. The summed E-state index contributed by atoms with van der Waals surface area (Å²) in [5.41, 5.74) is 3.05. The van der Waals surface area contributed by atoms with Crippen molar-refractivity contribution in [3.63, 3.8) is 0 Å². The van der Waals surface area contributed by atoms with E-state index in [4.69, 9.17) is 9.47 Å². The maximum atomic E-state index is 5.39. The van der Waals surface area contributed by atoms with E-state index in [9.17, 15) is 0 Å². The molecule has 1 N–H and O–H groups in total. The van der Waals surface area contributed by atoms with E-state index in [2.05, 4.69) is 31.0 Å². The lowest BCUT2D eigenvalue weighted by molar-refractivity contribution is 0.122. The maximum absolute atomic E-state index is 5.39. The number of ether oxygens (including phenoxy) is 2. The van der Waals surface area contributed by atoms with E-state index in [1.54, 1.807) is 0 Å². The molecule has 0 saturated carbocycles. The van der Waals surface area contributed by atoms with Gasteiger partial charge in [-0.15, -0.1) is 0 Å². The molecule has 0 bridgehead atoms. The van der Waals surface area contributed by atoms with Crippen LogP contribution in [0.25, 0.3) is 11.0 Å². The number of pyridine rings is 1. The number of anilines is 2. The fraction of sp³-hybridized carbons (Fsp3) is 0.571. The summed E-state index contributed by atoms with van der Waals surface area (Å²) in [5.74, 6) is 0.932. The van der Waals surface area contributed by atoms with Crippen LogP contribution in [0, 0.1) is 0 Å². The van der Waals surface area contributed by atoms with E-state index < -0.39 is 0 Å². The number of fused-ring (bicyclic) bond motifs is 1. The molecule has 2 saturated heterocycles. The molecule has 21 heavy (non-hydrogen) atoms. The van der Waals surface area contributed by atoms with Gasteiger partial charge in [-0.2, -0.15) is 5.10 Å². The fourth-order valence-electron chi connectivity index (χ4n) is 2.87. The SMILES string of the molecule is c1nc2c(N3CCOCC3)n[nH]c2cc1N1CCOCC1. The second kappa shape index (κ2) is 5.50. The van der Waals surface area contributed by atoms with Crippen LogP contribution in [0.4, 0.5) is 11.5 Å². The Morgan fingerprint density at radius 3 is 2.33 bits per heavy atom. The number of nitrogens with zero attached hydrogens (tertiary/aromatic N) is 4. The average molecular weight is 289 g/mol. The molecule has 0 unspecified atom stereocenters. The Morgan fingerprint density at radius 1 is 0.952 bits per heavy atom. The molecule has 2 aliphatic heterocycles. The van der Waals surface area contributed by atoms with Crippen LogP contribution in [0.15, 0.2) is 12.3 Å². The number of morpholine rings is 2. The number of aromatic amines is 1. The van der Waals surface area contributed by atoms with Gasteiger partial charge in [0.2, 0.25) is 0 Å². The molecule has 4 heterocycles. The molecule has 7 heteroatoms. The van der Waals surface area contributed by atoms with Crippen LogP contribution in [0.1, 0.15) is 0 Å². The van der Waals surface area contributed by atoms with Gasteiger partial charge in [-0.1, -0.05) is 0 Å². The quantitative estimate of drug-likeness (QED) is 0.875. The van der Waals surface area contributed by atoms with E-state index in [1.807, 2.05) is 6.20 Å². The molecule has 112 valence electrons. The van der Waals surface area contributed by atoms with Crippen LogP contribution in [0.5, 0.6) is 0 Å². The predicted molar refractivity (Wildman–Crippen MR) is 80.0 cm³/mol. The zero-order valence-corrected chi connectivity index (χ0v) is 11.9. The molecule has 4 rings (SSSR count). The Kier molecular flexibility index (Phi) is 3.36. The van der Waals surface area contributed by atoms with Crippen molar-refractivity contribution in [2.75, 3.05) is 62.4 Å². The Balaban J connectivity index is 1.63. The molecule has 0 atom stereocenters. The molecule has 2 aromatic heterocycles. The largest absolute Gasteiger partial charge is 0.378 e. The topological polar surface area (TPSA) is 66.5 Å². The third-order valence-corrected chi connectivity index (χ3v) is 4.05. The fourth-order valence-corrected chi connectivity index (χ4v) is 2.87. The van der Waals surface area contributed by atoms with Gasteiger partial charge in [-0.3, -0.25) is 5.10 Å². The van der Waals surface area contributed by atoms with Crippen molar-refractivity contribution in [1.29, 1.82) is 0 Å². The third-order valence-electron chi connectivity index (χ3n) is 4.05. The number of aromatic nitrogens is 3. The van der Waals surface area contributed by atoms with Crippen molar-refractivity contribution in [3.05, 3.63) is 12.3 Å². The van der Waals surface area contributed by atoms with Crippen LogP contribution in [0.3, 0.4) is 0 Å². The van der Waals surface area contributed by atoms with Crippen molar-refractivity contribution < 1.29 is 9.47 Å². The number of rotatable bonds is 2. The Labute approximate surface area is 122 Å². The summed E-state index contributed by atoms with van der Waals surface area (Å²) < 4.78 is 10.8. The minimum atomic E-state index is 0.750. The third kappa shape index (κ3) is 2.43. The Hall–Kier alpha value is -1.86. The number of H-pyrrole nitrogens is 1. The smallest absolute Gasteiger partial charge is 0.177 e.